The minimum atomic E-state index is 0.426. The second-order valence-corrected chi connectivity index (χ2v) is 4.31. The maximum atomic E-state index is 6.03. The van der Waals surface area contributed by atoms with Crippen LogP contribution in [0.1, 0.15) is 53.4 Å². The highest BCUT2D eigenvalue weighted by molar-refractivity contribution is 4.68. The zero-order chi connectivity index (χ0) is 9.56. The summed E-state index contributed by atoms with van der Waals surface area (Å²) in [4.78, 5) is 0. The molecule has 2 N–H and O–H groups in total. The zero-order valence-electron chi connectivity index (χ0n) is 9.14. The molecule has 0 aliphatic heterocycles. The summed E-state index contributed by atoms with van der Waals surface area (Å²) < 4.78 is 0. The van der Waals surface area contributed by atoms with E-state index >= 15 is 0 Å². The fraction of sp³-hybridized carbons (Fsp3) is 1.00. The minimum absolute atomic E-state index is 0.426. The Morgan fingerprint density at radius 3 is 1.83 bits per heavy atom. The van der Waals surface area contributed by atoms with Gasteiger partial charge in [0.1, 0.15) is 0 Å². The topological polar surface area (TPSA) is 26.0 Å². The molecule has 0 fully saturated rings. The van der Waals surface area contributed by atoms with E-state index in [0.29, 0.717) is 6.04 Å². The van der Waals surface area contributed by atoms with Gasteiger partial charge in [0.05, 0.1) is 0 Å². The molecule has 0 amide bonds. The van der Waals surface area contributed by atoms with E-state index < -0.39 is 0 Å². The zero-order valence-corrected chi connectivity index (χ0v) is 9.14. The Morgan fingerprint density at radius 2 is 1.50 bits per heavy atom. The van der Waals surface area contributed by atoms with E-state index in [-0.39, 0.29) is 0 Å². The Kier molecular flexibility index (Phi) is 6.45. The lowest BCUT2D eigenvalue weighted by molar-refractivity contribution is 0.371. The van der Waals surface area contributed by atoms with Crippen molar-refractivity contribution in [3.8, 4) is 0 Å². The van der Waals surface area contributed by atoms with Crippen molar-refractivity contribution in [1.29, 1.82) is 0 Å². The first-order chi connectivity index (χ1) is 5.60. The summed E-state index contributed by atoms with van der Waals surface area (Å²) in [6.07, 6.45) is 4.95. The molecule has 0 aliphatic carbocycles. The van der Waals surface area contributed by atoms with Crippen LogP contribution in [-0.2, 0) is 0 Å². The first kappa shape index (κ1) is 12.0. The van der Waals surface area contributed by atoms with Gasteiger partial charge in [0.25, 0.3) is 0 Å². The van der Waals surface area contributed by atoms with Crippen molar-refractivity contribution < 1.29 is 0 Å². The van der Waals surface area contributed by atoms with Gasteiger partial charge in [-0.15, -0.1) is 0 Å². The van der Waals surface area contributed by atoms with Gasteiger partial charge >= 0.3 is 0 Å². The number of hydrogen-bond acceptors (Lipinski definition) is 1. The second kappa shape index (κ2) is 6.47. The molecule has 1 heteroatoms. The highest BCUT2D eigenvalue weighted by Gasteiger charge is 2.11. The van der Waals surface area contributed by atoms with Crippen LogP contribution >= 0.6 is 0 Å². The van der Waals surface area contributed by atoms with Gasteiger partial charge in [-0.05, 0) is 24.7 Å². The van der Waals surface area contributed by atoms with E-state index in [9.17, 15) is 0 Å². The van der Waals surface area contributed by atoms with E-state index in [1.54, 1.807) is 0 Å². The highest BCUT2D eigenvalue weighted by atomic mass is 14.6. The third-order valence-electron chi connectivity index (χ3n) is 2.56. The molecule has 12 heavy (non-hydrogen) atoms. The fourth-order valence-corrected chi connectivity index (χ4v) is 1.75. The molecule has 0 aromatic carbocycles. The van der Waals surface area contributed by atoms with E-state index in [4.69, 9.17) is 5.73 Å². The average Bonchev–Trinajstić information content (AvgIpc) is 1.98. The Labute approximate surface area is 77.7 Å². The average molecular weight is 171 g/mol. The summed E-state index contributed by atoms with van der Waals surface area (Å²) in [6, 6.07) is 0.426. The normalized spacial score (nSPS) is 14.2. The smallest absolute Gasteiger partial charge is 0.00438 e. The standard InChI is InChI=1S/C11H25N/c1-5-10(6-2)8-11(12)7-9(3)4/h9-11H,5-8,12H2,1-4H3. The Bertz CT molecular complexity index is 95.2. The van der Waals surface area contributed by atoms with Gasteiger partial charge in [0.2, 0.25) is 0 Å². The van der Waals surface area contributed by atoms with Gasteiger partial charge in [-0.25, -0.2) is 0 Å². The van der Waals surface area contributed by atoms with E-state index in [1.807, 2.05) is 0 Å². The van der Waals surface area contributed by atoms with Gasteiger partial charge in [0, 0.05) is 6.04 Å². The highest BCUT2D eigenvalue weighted by Crippen LogP contribution is 2.17. The molecule has 0 saturated carbocycles. The summed E-state index contributed by atoms with van der Waals surface area (Å²) in [7, 11) is 0. The summed E-state index contributed by atoms with van der Waals surface area (Å²) in [5.41, 5.74) is 6.03. The van der Waals surface area contributed by atoms with Gasteiger partial charge in [-0.1, -0.05) is 40.5 Å². The van der Waals surface area contributed by atoms with Crippen molar-refractivity contribution in [3.05, 3.63) is 0 Å². The van der Waals surface area contributed by atoms with Crippen molar-refractivity contribution >= 4 is 0 Å². The molecule has 0 rings (SSSR count). The third kappa shape index (κ3) is 5.59. The van der Waals surface area contributed by atoms with Crippen LogP contribution < -0.4 is 5.73 Å². The molecule has 0 saturated heterocycles. The van der Waals surface area contributed by atoms with Crippen molar-refractivity contribution in [2.45, 2.75) is 59.4 Å². The van der Waals surface area contributed by atoms with Crippen molar-refractivity contribution in [2.24, 2.45) is 17.6 Å². The minimum Gasteiger partial charge on any atom is -0.328 e. The molecule has 0 spiro atoms. The molecule has 0 aliphatic rings. The van der Waals surface area contributed by atoms with Crippen molar-refractivity contribution in [1.82, 2.24) is 0 Å². The van der Waals surface area contributed by atoms with Crippen LogP contribution in [0.4, 0.5) is 0 Å². The summed E-state index contributed by atoms with van der Waals surface area (Å²) in [5.74, 6) is 1.59. The van der Waals surface area contributed by atoms with Gasteiger partial charge < -0.3 is 5.73 Å². The molecule has 1 atom stereocenters. The number of rotatable bonds is 6. The predicted molar refractivity (Wildman–Crippen MR) is 56.1 cm³/mol. The van der Waals surface area contributed by atoms with Crippen LogP contribution in [0.25, 0.3) is 0 Å². The van der Waals surface area contributed by atoms with Crippen molar-refractivity contribution in [2.75, 3.05) is 0 Å². The van der Waals surface area contributed by atoms with Crippen LogP contribution in [0.5, 0.6) is 0 Å². The lowest BCUT2D eigenvalue weighted by atomic mass is 9.91. The number of nitrogens with two attached hydrogens (primary N) is 1. The third-order valence-corrected chi connectivity index (χ3v) is 2.56. The van der Waals surface area contributed by atoms with Crippen LogP contribution in [0.15, 0.2) is 0 Å². The predicted octanol–water partition coefficient (Wildman–Crippen LogP) is 3.19. The summed E-state index contributed by atoms with van der Waals surface area (Å²) >= 11 is 0. The molecule has 0 radical (unpaired) electrons. The largest absolute Gasteiger partial charge is 0.328 e. The van der Waals surface area contributed by atoms with Crippen LogP contribution in [0.3, 0.4) is 0 Å². The van der Waals surface area contributed by atoms with Crippen LogP contribution in [0.2, 0.25) is 0 Å². The molecular weight excluding hydrogens is 146 g/mol. The molecule has 0 bridgehead atoms. The van der Waals surface area contributed by atoms with E-state index in [1.165, 1.54) is 25.7 Å². The monoisotopic (exact) mass is 171 g/mol. The fourth-order valence-electron chi connectivity index (χ4n) is 1.75. The SMILES string of the molecule is CCC(CC)CC(N)CC(C)C. The van der Waals surface area contributed by atoms with Crippen LogP contribution in [-0.4, -0.2) is 6.04 Å². The first-order valence-electron chi connectivity index (χ1n) is 5.35. The molecule has 0 heterocycles. The molecule has 0 aromatic heterocycles. The maximum absolute atomic E-state index is 6.03. The Balaban J connectivity index is 3.58. The van der Waals surface area contributed by atoms with Gasteiger partial charge in [0.15, 0.2) is 0 Å². The van der Waals surface area contributed by atoms with Gasteiger partial charge in [-0.2, -0.15) is 0 Å². The summed E-state index contributed by atoms with van der Waals surface area (Å²) in [5, 5.41) is 0. The maximum Gasteiger partial charge on any atom is 0.00438 e. The first-order valence-corrected chi connectivity index (χ1v) is 5.35. The van der Waals surface area contributed by atoms with Gasteiger partial charge in [-0.3, -0.25) is 0 Å². The van der Waals surface area contributed by atoms with E-state index in [0.717, 1.165) is 11.8 Å². The second-order valence-electron chi connectivity index (χ2n) is 4.31. The quantitative estimate of drug-likeness (QED) is 0.652. The van der Waals surface area contributed by atoms with E-state index in [2.05, 4.69) is 27.7 Å². The Morgan fingerprint density at radius 1 is 1.00 bits per heavy atom. The molecule has 1 unspecified atom stereocenters. The lowest BCUT2D eigenvalue weighted by Crippen LogP contribution is -2.25. The number of hydrogen-bond donors (Lipinski definition) is 1. The molecule has 1 nitrogen and oxygen atoms in total. The molecular formula is C11H25N. The molecule has 74 valence electrons. The Hall–Kier alpha value is -0.0400. The lowest BCUT2D eigenvalue weighted by Gasteiger charge is -2.19. The molecule has 0 aromatic rings. The van der Waals surface area contributed by atoms with Crippen molar-refractivity contribution in [3.63, 3.8) is 0 Å². The summed E-state index contributed by atoms with van der Waals surface area (Å²) in [6.45, 7) is 9.01. The van der Waals surface area contributed by atoms with Crippen LogP contribution in [0, 0.1) is 11.8 Å².